The van der Waals surface area contributed by atoms with Crippen LogP contribution in [0.1, 0.15) is 45.7 Å². The Morgan fingerprint density at radius 3 is 2.85 bits per heavy atom. The minimum absolute atomic E-state index is 0.0620. The van der Waals surface area contributed by atoms with Crippen molar-refractivity contribution in [3.63, 3.8) is 0 Å². The maximum Gasteiger partial charge on any atom is 0.274 e. The van der Waals surface area contributed by atoms with Crippen molar-refractivity contribution in [2.45, 2.75) is 45.2 Å². The molecule has 0 bridgehead atoms. The number of halogens is 1. The predicted molar refractivity (Wildman–Crippen MR) is 96.5 cm³/mol. The molecule has 6 heteroatoms. The summed E-state index contributed by atoms with van der Waals surface area (Å²) < 4.78 is 16.2. The van der Waals surface area contributed by atoms with Crippen molar-refractivity contribution in [3.8, 4) is 5.69 Å². The maximum atomic E-state index is 14.3. The smallest absolute Gasteiger partial charge is 0.274 e. The summed E-state index contributed by atoms with van der Waals surface area (Å²) in [6.07, 6.45) is 2.90. The first-order valence-electron chi connectivity index (χ1n) is 9.19. The second-order valence-corrected chi connectivity index (χ2v) is 7.61. The molecule has 2 aliphatic rings. The van der Waals surface area contributed by atoms with Crippen LogP contribution in [0.15, 0.2) is 18.2 Å². The van der Waals surface area contributed by atoms with E-state index < -0.39 is 12.3 Å². The van der Waals surface area contributed by atoms with Crippen LogP contribution in [-0.2, 0) is 12.8 Å². The number of benzene rings is 1. The van der Waals surface area contributed by atoms with Gasteiger partial charge in [-0.15, -0.1) is 0 Å². The predicted octanol–water partition coefficient (Wildman–Crippen LogP) is 2.52. The number of amides is 1. The number of alkyl halides is 1. The lowest BCUT2D eigenvalue weighted by Crippen LogP contribution is -2.36. The SMILES string of the molecule is Cc1ccc(-n2nc(C(=O)N3CCC(F)(CO)C3)c3c2CCC3)c(C)c1. The van der Waals surface area contributed by atoms with E-state index in [4.69, 9.17) is 0 Å². The number of hydrogen-bond acceptors (Lipinski definition) is 3. The molecule has 2 aromatic rings. The van der Waals surface area contributed by atoms with Crippen LogP contribution in [0.2, 0.25) is 0 Å². The van der Waals surface area contributed by atoms with Crippen LogP contribution in [0, 0.1) is 13.8 Å². The standard InChI is InChI=1S/C20H24FN3O2/c1-13-6-7-16(14(2)10-13)24-17-5-3-4-15(17)18(22-24)19(26)23-9-8-20(21,11-23)12-25/h6-7,10,25H,3-5,8-9,11-12H2,1-2H3. The van der Waals surface area contributed by atoms with Crippen LogP contribution >= 0.6 is 0 Å². The van der Waals surface area contributed by atoms with Gasteiger partial charge in [0.05, 0.1) is 18.8 Å². The summed E-state index contributed by atoms with van der Waals surface area (Å²) in [4.78, 5) is 14.5. The first-order chi connectivity index (χ1) is 12.4. The number of aryl methyl sites for hydroxylation is 2. The second kappa shape index (κ2) is 6.20. The summed E-state index contributed by atoms with van der Waals surface area (Å²) >= 11 is 0. The van der Waals surface area contributed by atoms with Gasteiger partial charge in [0.2, 0.25) is 0 Å². The van der Waals surface area contributed by atoms with Crippen LogP contribution in [0.4, 0.5) is 4.39 Å². The number of aromatic nitrogens is 2. The fourth-order valence-corrected chi connectivity index (χ4v) is 4.14. The van der Waals surface area contributed by atoms with Crippen LogP contribution in [-0.4, -0.2) is 51.1 Å². The van der Waals surface area contributed by atoms with E-state index in [9.17, 15) is 14.3 Å². The quantitative estimate of drug-likeness (QED) is 0.918. The third kappa shape index (κ3) is 2.72. The molecule has 1 aliphatic carbocycles. The number of rotatable bonds is 3. The number of carbonyl (C=O) groups is 1. The Hall–Kier alpha value is -2.21. The molecule has 1 aromatic heterocycles. The van der Waals surface area contributed by atoms with Crippen LogP contribution in [0.5, 0.6) is 0 Å². The van der Waals surface area contributed by atoms with Crippen molar-refractivity contribution in [2.24, 2.45) is 0 Å². The molecule has 0 radical (unpaired) electrons. The largest absolute Gasteiger partial charge is 0.393 e. The van der Waals surface area contributed by atoms with Gasteiger partial charge in [-0.3, -0.25) is 4.79 Å². The number of aliphatic hydroxyl groups excluding tert-OH is 1. The zero-order valence-electron chi connectivity index (χ0n) is 15.3. The third-order valence-electron chi connectivity index (χ3n) is 5.59. The number of hydrogen-bond donors (Lipinski definition) is 1. The van der Waals surface area contributed by atoms with Crippen molar-refractivity contribution in [2.75, 3.05) is 19.7 Å². The van der Waals surface area contributed by atoms with E-state index in [-0.39, 0.29) is 18.9 Å². The number of aliphatic hydroxyl groups is 1. The van der Waals surface area contributed by atoms with Gasteiger partial charge in [0, 0.05) is 24.2 Å². The molecule has 1 amide bonds. The number of fused-ring (bicyclic) bond motifs is 1. The van der Waals surface area contributed by atoms with E-state index in [1.807, 2.05) is 23.7 Å². The van der Waals surface area contributed by atoms with Gasteiger partial charge in [0.25, 0.3) is 5.91 Å². The van der Waals surface area contributed by atoms with E-state index in [0.29, 0.717) is 12.2 Å². The van der Waals surface area contributed by atoms with Gasteiger partial charge in [0.1, 0.15) is 0 Å². The maximum absolute atomic E-state index is 14.3. The average molecular weight is 357 g/mol. The lowest BCUT2D eigenvalue weighted by molar-refractivity contribution is 0.0626. The molecule has 5 nitrogen and oxygen atoms in total. The monoisotopic (exact) mass is 357 g/mol. The molecule has 26 heavy (non-hydrogen) atoms. The molecule has 1 atom stereocenters. The molecular weight excluding hydrogens is 333 g/mol. The van der Waals surface area contributed by atoms with Crippen LogP contribution in [0.3, 0.4) is 0 Å². The summed E-state index contributed by atoms with van der Waals surface area (Å²) in [6.45, 7) is 3.81. The van der Waals surface area contributed by atoms with Gasteiger partial charge >= 0.3 is 0 Å². The van der Waals surface area contributed by atoms with Gasteiger partial charge < -0.3 is 10.0 Å². The Kier molecular flexibility index (Phi) is 4.10. The minimum Gasteiger partial charge on any atom is -0.393 e. The number of carbonyl (C=O) groups excluding carboxylic acids is 1. The Morgan fingerprint density at radius 1 is 1.35 bits per heavy atom. The molecule has 1 aliphatic heterocycles. The lowest BCUT2D eigenvalue weighted by atomic mass is 10.1. The molecule has 138 valence electrons. The van der Waals surface area contributed by atoms with E-state index in [0.717, 1.165) is 41.8 Å². The highest BCUT2D eigenvalue weighted by molar-refractivity contribution is 5.94. The van der Waals surface area contributed by atoms with Gasteiger partial charge in [0.15, 0.2) is 11.4 Å². The molecule has 1 fully saturated rings. The van der Waals surface area contributed by atoms with Gasteiger partial charge in [-0.2, -0.15) is 5.10 Å². The topological polar surface area (TPSA) is 58.4 Å². The highest BCUT2D eigenvalue weighted by atomic mass is 19.1. The fourth-order valence-electron chi connectivity index (χ4n) is 4.14. The lowest BCUT2D eigenvalue weighted by Gasteiger charge is -2.18. The fraction of sp³-hybridized carbons (Fsp3) is 0.500. The highest BCUT2D eigenvalue weighted by Crippen LogP contribution is 2.32. The van der Waals surface area contributed by atoms with E-state index in [2.05, 4.69) is 18.1 Å². The molecule has 2 heterocycles. The zero-order valence-corrected chi connectivity index (χ0v) is 15.3. The average Bonchev–Trinajstić information content (AvgIpc) is 3.30. The Morgan fingerprint density at radius 2 is 2.15 bits per heavy atom. The molecule has 1 saturated heterocycles. The zero-order chi connectivity index (χ0) is 18.5. The minimum atomic E-state index is -1.69. The molecule has 0 spiro atoms. The third-order valence-corrected chi connectivity index (χ3v) is 5.59. The normalized spacial score (nSPS) is 22.1. The molecule has 1 aromatic carbocycles. The van der Waals surface area contributed by atoms with Crippen LogP contribution < -0.4 is 0 Å². The molecular formula is C20H24FN3O2. The van der Waals surface area contributed by atoms with E-state index in [1.54, 1.807) is 0 Å². The Labute approximate surface area is 152 Å². The molecule has 1 unspecified atom stereocenters. The van der Waals surface area contributed by atoms with Crippen molar-refractivity contribution in [1.82, 2.24) is 14.7 Å². The van der Waals surface area contributed by atoms with Gasteiger partial charge in [-0.05, 0) is 44.7 Å². The van der Waals surface area contributed by atoms with Crippen molar-refractivity contribution in [1.29, 1.82) is 0 Å². The summed E-state index contributed by atoms with van der Waals surface area (Å²) in [5.41, 5.74) is 4.14. The van der Waals surface area contributed by atoms with E-state index in [1.165, 1.54) is 10.5 Å². The summed E-state index contributed by atoms with van der Waals surface area (Å²) in [5, 5.41) is 13.9. The van der Waals surface area contributed by atoms with Crippen molar-refractivity contribution >= 4 is 5.91 Å². The molecule has 0 saturated carbocycles. The molecule has 1 N–H and O–H groups in total. The first-order valence-corrected chi connectivity index (χ1v) is 9.19. The summed E-state index contributed by atoms with van der Waals surface area (Å²) in [6, 6.07) is 6.20. The van der Waals surface area contributed by atoms with Crippen molar-refractivity contribution in [3.05, 3.63) is 46.3 Å². The highest BCUT2D eigenvalue weighted by Gasteiger charge is 2.41. The van der Waals surface area contributed by atoms with Crippen molar-refractivity contribution < 1.29 is 14.3 Å². The first kappa shape index (κ1) is 17.2. The second-order valence-electron chi connectivity index (χ2n) is 7.61. The summed E-state index contributed by atoms with van der Waals surface area (Å²) in [7, 11) is 0. The van der Waals surface area contributed by atoms with Crippen LogP contribution in [0.25, 0.3) is 5.69 Å². The number of nitrogens with zero attached hydrogens (tertiary/aromatic N) is 3. The van der Waals surface area contributed by atoms with Gasteiger partial charge in [-0.25, -0.2) is 9.07 Å². The van der Waals surface area contributed by atoms with Gasteiger partial charge in [-0.1, -0.05) is 17.7 Å². The Bertz CT molecular complexity index is 876. The number of likely N-dealkylation sites (tertiary alicyclic amines) is 1. The summed E-state index contributed by atoms with van der Waals surface area (Å²) in [5.74, 6) is -0.223. The Balaban J connectivity index is 1.72. The van der Waals surface area contributed by atoms with E-state index >= 15 is 0 Å². The molecule has 4 rings (SSSR count).